The predicted molar refractivity (Wildman–Crippen MR) is 96.6 cm³/mol. The van der Waals surface area contributed by atoms with Gasteiger partial charge in [0.15, 0.2) is 0 Å². The summed E-state index contributed by atoms with van der Waals surface area (Å²) in [6.07, 6.45) is 0.854. The van der Waals surface area contributed by atoms with E-state index >= 15 is 0 Å². The molecule has 0 aliphatic carbocycles. The highest BCUT2D eigenvalue weighted by Crippen LogP contribution is 2.19. The second-order valence-corrected chi connectivity index (χ2v) is 6.81. The Bertz CT molecular complexity index is 775. The summed E-state index contributed by atoms with van der Waals surface area (Å²) in [7, 11) is 0. The number of nitrogens with one attached hydrogen (secondary N) is 1. The number of nitrogens with zero attached hydrogens (tertiary/aromatic N) is 1. The maximum Gasteiger partial charge on any atom is 0.253 e. The Kier molecular flexibility index (Phi) is 5.00. The van der Waals surface area contributed by atoms with Gasteiger partial charge in [0.25, 0.3) is 5.91 Å². The van der Waals surface area contributed by atoms with E-state index in [9.17, 15) is 9.59 Å². The largest absolute Gasteiger partial charge is 0.340 e. The van der Waals surface area contributed by atoms with Gasteiger partial charge in [0.05, 0.1) is 5.56 Å². The highest BCUT2D eigenvalue weighted by atomic mass is 79.9. The molecule has 0 radical (unpaired) electrons. The summed E-state index contributed by atoms with van der Waals surface area (Å²) in [5.41, 5.74) is 3.01. The summed E-state index contributed by atoms with van der Waals surface area (Å²) < 4.78 is 0.717. The zero-order valence-electron chi connectivity index (χ0n) is 13.5. The lowest BCUT2D eigenvalue weighted by Gasteiger charge is -2.31. The fourth-order valence-corrected chi connectivity index (χ4v) is 3.40. The van der Waals surface area contributed by atoms with Crippen LogP contribution in [0.3, 0.4) is 0 Å². The molecule has 1 N–H and O–H groups in total. The normalized spacial score (nSPS) is 14.7. The number of fused-ring (bicyclic) bond motifs is 1. The Balaban J connectivity index is 1.65. The highest BCUT2D eigenvalue weighted by molar-refractivity contribution is 9.10. The molecule has 1 aliphatic heterocycles. The number of benzene rings is 2. The lowest BCUT2D eigenvalue weighted by atomic mass is 9.99. The fraction of sp³-hybridized carbons (Fsp3) is 0.263. The van der Waals surface area contributed by atoms with Crippen LogP contribution in [0.1, 0.15) is 28.4 Å². The number of amides is 2. The first-order chi connectivity index (χ1) is 11.6. The molecular formula is C19H19BrN2O2. The monoisotopic (exact) mass is 386 g/mol. The van der Waals surface area contributed by atoms with Gasteiger partial charge in [-0.1, -0.05) is 36.4 Å². The molecule has 0 bridgehead atoms. The van der Waals surface area contributed by atoms with E-state index in [0.717, 1.165) is 6.42 Å². The Morgan fingerprint density at radius 3 is 2.50 bits per heavy atom. The molecule has 0 aromatic heterocycles. The molecule has 2 aromatic carbocycles. The van der Waals surface area contributed by atoms with Crippen molar-refractivity contribution in [3.8, 4) is 0 Å². The summed E-state index contributed by atoms with van der Waals surface area (Å²) in [5.74, 6) is -0.300. The topological polar surface area (TPSA) is 49.4 Å². The molecule has 2 aromatic rings. The Morgan fingerprint density at radius 2 is 1.75 bits per heavy atom. The lowest BCUT2D eigenvalue weighted by Crippen LogP contribution is -2.48. The number of halogens is 1. The van der Waals surface area contributed by atoms with Crippen LogP contribution in [-0.2, 0) is 17.8 Å². The third-order valence-electron chi connectivity index (χ3n) is 4.28. The van der Waals surface area contributed by atoms with E-state index in [1.54, 1.807) is 19.1 Å². The summed E-state index contributed by atoms with van der Waals surface area (Å²) in [6.45, 7) is 3.02. The maximum absolute atomic E-state index is 12.7. The van der Waals surface area contributed by atoms with Crippen molar-refractivity contribution in [3.05, 3.63) is 69.7 Å². The number of hydrogen-bond donors (Lipinski definition) is 1. The van der Waals surface area contributed by atoms with Crippen LogP contribution in [0.4, 0.5) is 0 Å². The molecule has 1 aliphatic rings. The van der Waals surface area contributed by atoms with Crippen molar-refractivity contribution in [2.75, 3.05) is 6.54 Å². The third-order valence-corrected chi connectivity index (χ3v) is 4.97. The average Bonchev–Trinajstić information content (AvgIpc) is 2.60. The minimum atomic E-state index is -0.560. The van der Waals surface area contributed by atoms with Crippen molar-refractivity contribution < 1.29 is 9.59 Å². The lowest BCUT2D eigenvalue weighted by molar-refractivity contribution is -0.133. The van der Waals surface area contributed by atoms with Crippen molar-refractivity contribution in [2.45, 2.75) is 25.9 Å². The molecule has 1 heterocycles. The molecule has 4 nitrogen and oxygen atoms in total. The van der Waals surface area contributed by atoms with Crippen molar-refractivity contribution >= 4 is 27.7 Å². The highest BCUT2D eigenvalue weighted by Gasteiger charge is 2.26. The number of carbonyl (C=O) groups is 2. The molecule has 1 atom stereocenters. The fourth-order valence-electron chi connectivity index (χ4n) is 2.94. The maximum atomic E-state index is 12.7. The molecule has 0 spiro atoms. The molecule has 24 heavy (non-hydrogen) atoms. The first-order valence-corrected chi connectivity index (χ1v) is 8.76. The molecule has 0 unspecified atom stereocenters. The van der Waals surface area contributed by atoms with Gasteiger partial charge in [-0.2, -0.15) is 0 Å². The molecule has 0 fully saturated rings. The Hall–Kier alpha value is -2.14. The van der Waals surface area contributed by atoms with Crippen molar-refractivity contribution in [1.29, 1.82) is 0 Å². The molecule has 3 rings (SSSR count). The van der Waals surface area contributed by atoms with Gasteiger partial charge in [0.1, 0.15) is 6.04 Å². The van der Waals surface area contributed by atoms with E-state index in [2.05, 4.69) is 33.4 Å². The molecule has 124 valence electrons. The minimum Gasteiger partial charge on any atom is -0.340 e. The van der Waals surface area contributed by atoms with Crippen LogP contribution >= 0.6 is 15.9 Å². The molecule has 0 saturated heterocycles. The first kappa shape index (κ1) is 16.7. The van der Waals surface area contributed by atoms with Gasteiger partial charge in [-0.15, -0.1) is 0 Å². The van der Waals surface area contributed by atoms with Gasteiger partial charge in [-0.05, 0) is 52.5 Å². The quantitative estimate of drug-likeness (QED) is 0.880. The standard InChI is InChI=1S/C19H19BrN2O2/c1-13(21-18(23)16-8-4-5-9-17(16)20)19(24)22-11-10-14-6-2-3-7-15(14)12-22/h2-9,13H,10-12H2,1H3,(H,21,23)/t13-/m1/s1. The van der Waals surface area contributed by atoms with Crippen LogP contribution in [0.2, 0.25) is 0 Å². The Morgan fingerprint density at radius 1 is 1.08 bits per heavy atom. The molecular weight excluding hydrogens is 368 g/mol. The van der Waals surface area contributed by atoms with Crippen LogP contribution in [0.25, 0.3) is 0 Å². The SMILES string of the molecule is C[C@@H](NC(=O)c1ccccc1Br)C(=O)N1CCc2ccccc2C1. The summed E-state index contributed by atoms with van der Waals surface area (Å²) >= 11 is 3.36. The third kappa shape index (κ3) is 3.51. The van der Waals surface area contributed by atoms with Crippen LogP contribution in [0, 0.1) is 0 Å². The van der Waals surface area contributed by atoms with Crippen molar-refractivity contribution in [1.82, 2.24) is 10.2 Å². The Labute approximate surface area is 150 Å². The average molecular weight is 387 g/mol. The van der Waals surface area contributed by atoms with E-state index in [1.807, 2.05) is 29.2 Å². The smallest absolute Gasteiger partial charge is 0.253 e. The second kappa shape index (κ2) is 7.18. The van der Waals surface area contributed by atoms with Crippen LogP contribution in [0.15, 0.2) is 53.0 Å². The van der Waals surface area contributed by atoms with Gasteiger partial charge >= 0.3 is 0 Å². The van der Waals surface area contributed by atoms with Crippen LogP contribution in [0.5, 0.6) is 0 Å². The second-order valence-electron chi connectivity index (χ2n) is 5.95. The van der Waals surface area contributed by atoms with Crippen LogP contribution in [-0.4, -0.2) is 29.3 Å². The van der Waals surface area contributed by atoms with E-state index < -0.39 is 6.04 Å². The van der Waals surface area contributed by atoms with Gasteiger partial charge in [-0.25, -0.2) is 0 Å². The van der Waals surface area contributed by atoms with Crippen molar-refractivity contribution in [3.63, 3.8) is 0 Å². The summed E-state index contributed by atoms with van der Waals surface area (Å²) in [4.78, 5) is 26.8. The molecule has 2 amide bonds. The minimum absolute atomic E-state index is 0.0510. The van der Waals surface area contributed by atoms with E-state index in [0.29, 0.717) is 23.1 Å². The van der Waals surface area contributed by atoms with Gasteiger partial charge in [-0.3, -0.25) is 9.59 Å². The molecule has 5 heteroatoms. The van der Waals surface area contributed by atoms with E-state index in [-0.39, 0.29) is 11.8 Å². The number of carbonyl (C=O) groups excluding carboxylic acids is 2. The number of hydrogen-bond acceptors (Lipinski definition) is 2. The predicted octanol–water partition coefficient (Wildman–Crippen LogP) is 3.15. The van der Waals surface area contributed by atoms with Gasteiger partial charge < -0.3 is 10.2 Å². The summed E-state index contributed by atoms with van der Waals surface area (Å²) in [5, 5.41) is 2.80. The van der Waals surface area contributed by atoms with E-state index in [4.69, 9.17) is 0 Å². The van der Waals surface area contributed by atoms with Gasteiger partial charge in [0, 0.05) is 17.6 Å². The summed E-state index contributed by atoms with van der Waals surface area (Å²) in [6, 6.07) is 14.8. The van der Waals surface area contributed by atoms with Gasteiger partial charge in [0.2, 0.25) is 5.91 Å². The number of rotatable bonds is 3. The van der Waals surface area contributed by atoms with Crippen LogP contribution < -0.4 is 5.32 Å². The molecule has 0 saturated carbocycles. The zero-order chi connectivity index (χ0) is 17.1. The van der Waals surface area contributed by atoms with Crippen molar-refractivity contribution in [2.24, 2.45) is 0 Å². The van der Waals surface area contributed by atoms with E-state index in [1.165, 1.54) is 11.1 Å². The first-order valence-electron chi connectivity index (χ1n) is 7.97. The zero-order valence-corrected chi connectivity index (χ0v) is 15.0.